The van der Waals surface area contributed by atoms with Crippen molar-refractivity contribution in [2.75, 3.05) is 0 Å². The molecule has 0 saturated heterocycles. The molecule has 1 heteroatoms. The van der Waals surface area contributed by atoms with E-state index in [1.807, 2.05) is 0 Å². The van der Waals surface area contributed by atoms with Crippen LogP contribution in [0.1, 0.15) is 22.3 Å². The molecule has 0 fully saturated rings. The van der Waals surface area contributed by atoms with Crippen LogP contribution < -0.4 is 0 Å². The molecule has 0 bridgehead atoms. The molecule has 1 aliphatic rings. The Hall–Kier alpha value is -4.62. The lowest BCUT2D eigenvalue weighted by Gasteiger charge is -2.34. The molecule has 6 aromatic carbocycles. The van der Waals surface area contributed by atoms with Crippen molar-refractivity contribution in [2.45, 2.75) is 5.41 Å². The zero-order valence-electron chi connectivity index (χ0n) is 20.6. The largest absolute Gasteiger partial charge is 0.343 e. The summed E-state index contributed by atoms with van der Waals surface area (Å²) in [5, 5.41) is 5.30. The van der Waals surface area contributed by atoms with Gasteiger partial charge in [-0.1, -0.05) is 127 Å². The monoisotopic (exact) mass is 471 g/mol. The van der Waals surface area contributed by atoms with Crippen LogP contribution in [-0.4, -0.2) is 4.57 Å². The van der Waals surface area contributed by atoms with E-state index in [1.165, 1.54) is 66.0 Å². The SMILES string of the molecule is Cn1c2ccccc2c2c3ccccc3c3c(c21)-c1ccccc1C3(c1ccccc1)c1ccccc1. The van der Waals surface area contributed by atoms with Gasteiger partial charge in [-0.05, 0) is 44.7 Å². The van der Waals surface area contributed by atoms with Crippen LogP contribution in [0.3, 0.4) is 0 Å². The molecular weight excluding hydrogens is 446 g/mol. The third-order valence-electron chi connectivity index (χ3n) is 8.45. The van der Waals surface area contributed by atoms with E-state index in [0.29, 0.717) is 0 Å². The van der Waals surface area contributed by atoms with Gasteiger partial charge in [-0.2, -0.15) is 0 Å². The van der Waals surface area contributed by atoms with E-state index in [9.17, 15) is 0 Å². The third kappa shape index (κ3) is 2.49. The highest BCUT2D eigenvalue weighted by molar-refractivity contribution is 6.27. The Kier molecular flexibility index (Phi) is 4.14. The molecule has 0 atom stereocenters. The molecule has 1 aliphatic carbocycles. The minimum absolute atomic E-state index is 0.418. The molecule has 174 valence electrons. The third-order valence-corrected chi connectivity index (χ3v) is 8.45. The van der Waals surface area contributed by atoms with E-state index in [0.717, 1.165) is 0 Å². The highest BCUT2D eigenvalue weighted by atomic mass is 14.9. The number of nitrogens with zero attached hydrogens (tertiary/aromatic N) is 1. The van der Waals surface area contributed by atoms with Gasteiger partial charge in [0.15, 0.2) is 0 Å². The first kappa shape index (κ1) is 20.6. The van der Waals surface area contributed by atoms with Crippen molar-refractivity contribution < 1.29 is 0 Å². The summed E-state index contributed by atoms with van der Waals surface area (Å²) in [5.41, 5.74) is 10.2. The Balaban J connectivity index is 1.73. The lowest BCUT2D eigenvalue weighted by atomic mass is 9.66. The predicted molar refractivity (Wildman–Crippen MR) is 155 cm³/mol. The van der Waals surface area contributed by atoms with Crippen molar-refractivity contribution in [1.29, 1.82) is 0 Å². The number of rotatable bonds is 2. The second-order valence-electron chi connectivity index (χ2n) is 10.1. The fraction of sp³-hybridized carbons (Fsp3) is 0.0556. The van der Waals surface area contributed by atoms with Gasteiger partial charge >= 0.3 is 0 Å². The summed E-state index contributed by atoms with van der Waals surface area (Å²) < 4.78 is 2.42. The average molecular weight is 472 g/mol. The first-order valence-corrected chi connectivity index (χ1v) is 12.9. The van der Waals surface area contributed by atoms with Crippen LogP contribution in [0.4, 0.5) is 0 Å². The zero-order chi connectivity index (χ0) is 24.6. The van der Waals surface area contributed by atoms with Crippen LogP contribution in [0.25, 0.3) is 43.7 Å². The van der Waals surface area contributed by atoms with Crippen molar-refractivity contribution in [3.63, 3.8) is 0 Å². The van der Waals surface area contributed by atoms with Gasteiger partial charge in [-0.25, -0.2) is 0 Å². The highest BCUT2D eigenvalue weighted by Crippen LogP contribution is 2.60. The van der Waals surface area contributed by atoms with Crippen LogP contribution in [-0.2, 0) is 12.5 Å². The van der Waals surface area contributed by atoms with Crippen molar-refractivity contribution >= 4 is 32.6 Å². The van der Waals surface area contributed by atoms with Gasteiger partial charge in [0.1, 0.15) is 0 Å². The van der Waals surface area contributed by atoms with E-state index in [-0.39, 0.29) is 0 Å². The maximum atomic E-state index is 2.42. The second-order valence-corrected chi connectivity index (χ2v) is 10.1. The van der Waals surface area contributed by atoms with Gasteiger partial charge in [0.2, 0.25) is 0 Å². The first-order valence-electron chi connectivity index (χ1n) is 12.9. The summed E-state index contributed by atoms with van der Waals surface area (Å²) >= 11 is 0. The van der Waals surface area contributed by atoms with Gasteiger partial charge in [-0.3, -0.25) is 0 Å². The van der Waals surface area contributed by atoms with Crippen LogP contribution in [0.15, 0.2) is 133 Å². The maximum absolute atomic E-state index is 2.42. The topological polar surface area (TPSA) is 4.93 Å². The lowest BCUT2D eigenvalue weighted by molar-refractivity contribution is 0.775. The van der Waals surface area contributed by atoms with Crippen LogP contribution in [0, 0.1) is 0 Å². The number of benzene rings is 6. The van der Waals surface area contributed by atoms with Crippen molar-refractivity contribution in [1.82, 2.24) is 4.57 Å². The molecule has 37 heavy (non-hydrogen) atoms. The van der Waals surface area contributed by atoms with Crippen LogP contribution in [0.2, 0.25) is 0 Å². The number of aryl methyl sites for hydroxylation is 1. The summed E-state index contributed by atoms with van der Waals surface area (Å²) in [6, 6.07) is 49.1. The van der Waals surface area contributed by atoms with Crippen molar-refractivity contribution in [3.8, 4) is 11.1 Å². The molecule has 0 saturated carbocycles. The normalized spacial score (nSPS) is 13.8. The van der Waals surface area contributed by atoms with Gasteiger partial charge in [0.05, 0.1) is 10.9 Å². The molecule has 1 heterocycles. The second kappa shape index (κ2) is 7.44. The van der Waals surface area contributed by atoms with E-state index < -0.39 is 5.41 Å². The van der Waals surface area contributed by atoms with Crippen molar-refractivity contribution in [3.05, 3.63) is 156 Å². The molecule has 0 aliphatic heterocycles. The van der Waals surface area contributed by atoms with E-state index >= 15 is 0 Å². The summed E-state index contributed by atoms with van der Waals surface area (Å²) in [5.74, 6) is 0. The highest BCUT2D eigenvalue weighted by Gasteiger charge is 2.48. The average Bonchev–Trinajstić information content (AvgIpc) is 3.45. The zero-order valence-corrected chi connectivity index (χ0v) is 20.6. The molecule has 1 aromatic heterocycles. The number of hydrogen-bond acceptors (Lipinski definition) is 0. The Morgan fingerprint density at radius 1 is 0.514 bits per heavy atom. The number of hydrogen-bond donors (Lipinski definition) is 0. The Labute approximate surface area is 216 Å². The standard InChI is InChI=1S/C36H25N/c1-37-31-23-13-11-21-29(31)32-26-18-8-9-19-27(26)34-33(35(32)37)28-20-10-12-22-30(28)36(34,24-14-4-2-5-15-24)25-16-6-3-7-17-25/h2-23H,1H3. The van der Waals surface area contributed by atoms with E-state index in [1.54, 1.807) is 0 Å². The summed E-state index contributed by atoms with van der Waals surface area (Å²) in [4.78, 5) is 0. The predicted octanol–water partition coefficient (Wildman–Crippen LogP) is 8.85. The van der Waals surface area contributed by atoms with E-state index in [2.05, 4.69) is 145 Å². The smallest absolute Gasteiger partial charge is 0.0720 e. The van der Waals surface area contributed by atoms with Gasteiger partial charge in [-0.15, -0.1) is 0 Å². The maximum Gasteiger partial charge on any atom is 0.0720 e. The quantitative estimate of drug-likeness (QED) is 0.237. The number of aromatic nitrogens is 1. The summed E-state index contributed by atoms with van der Waals surface area (Å²) in [6.45, 7) is 0. The van der Waals surface area contributed by atoms with Gasteiger partial charge in [0.25, 0.3) is 0 Å². The molecule has 8 rings (SSSR count). The Morgan fingerprint density at radius 2 is 1.05 bits per heavy atom. The molecule has 0 N–H and O–H groups in total. The number of fused-ring (bicyclic) bond motifs is 10. The van der Waals surface area contributed by atoms with Crippen molar-refractivity contribution in [2.24, 2.45) is 7.05 Å². The molecule has 1 nitrogen and oxygen atoms in total. The molecule has 0 spiro atoms. The molecule has 0 radical (unpaired) electrons. The Morgan fingerprint density at radius 3 is 1.76 bits per heavy atom. The summed E-state index contributed by atoms with van der Waals surface area (Å²) in [7, 11) is 2.23. The van der Waals surface area contributed by atoms with Crippen LogP contribution in [0.5, 0.6) is 0 Å². The van der Waals surface area contributed by atoms with E-state index in [4.69, 9.17) is 0 Å². The van der Waals surface area contributed by atoms with Gasteiger partial charge < -0.3 is 4.57 Å². The first-order chi connectivity index (χ1) is 18.3. The van der Waals surface area contributed by atoms with Gasteiger partial charge in [0, 0.05) is 28.9 Å². The molecule has 0 amide bonds. The van der Waals surface area contributed by atoms with Crippen LogP contribution >= 0.6 is 0 Å². The Bertz CT molecular complexity index is 1940. The number of para-hydroxylation sites is 1. The fourth-order valence-corrected chi connectivity index (χ4v) is 7.09. The molecule has 0 unspecified atom stereocenters. The fourth-order valence-electron chi connectivity index (χ4n) is 7.09. The minimum Gasteiger partial charge on any atom is -0.343 e. The lowest BCUT2D eigenvalue weighted by Crippen LogP contribution is -2.28. The minimum atomic E-state index is -0.418. The molecular formula is C36H25N. The molecule has 7 aromatic rings. The summed E-state index contributed by atoms with van der Waals surface area (Å²) in [6.07, 6.45) is 0.